The molecule has 3 aromatic rings. The summed E-state index contributed by atoms with van der Waals surface area (Å²) < 4.78 is 7.43. The zero-order valence-electron chi connectivity index (χ0n) is 14.1. The topological polar surface area (TPSA) is 54.7 Å². The van der Waals surface area contributed by atoms with Crippen LogP contribution in [0, 0.1) is 0 Å². The second-order valence-electron chi connectivity index (χ2n) is 6.54. The number of aliphatic hydroxyl groups is 1. The number of nitrogens with zero attached hydrogens (tertiary/aromatic N) is 2. The fraction of sp³-hybridized carbons (Fsp3) is 0.350. The number of morpholine rings is 1. The van der Waals surface area contributed by atoms with Crippen molar-refractivity contribution in [3.63, 3.8) is 0 Å². The molecule has 0 radical (unpaired) electrons. The number of fused-ring (bicyclic) bond motifs is 2. The van der Waals surface area contributed by atoms with Gasteiger partial charge in [0.25, 0.3) is 0 Å². The van der Waals surface area contributed by atoms with E-state index in [1.54, 1.807) is 0 Å². The standard InChI is InChI=1S/C20H22N2O3/c23-15(13-21-9-11-25-12-10-21)14-22-18-7-3-1-5-16(18)20(24)17-6-2-4-8-19(17)22/h1-8,15,23H,9-14H2/t15-/m0/s1. The molecule has 1 saturated heterocycles. The van der Waals surface area contributed by atoms with Crippen LogP contribution in [-0.4, -0.2) is 53.5 Å². The molecule has 1 aliphatic heterocycles. The molecule has 5 heteroatoms. The lowest BCUT2D eigenvalue weighted by Crippen LogP contribution is -2.42. The number of rotatable bonds is 4. The number of para-hydroxylation sites is 2. The van der Waals surface area contributed by atoms with Gasteiger partial charge in [-0.25, -0.2) is 0 Å². The summed E-state index contributed by atoms with van der Waals surface area (Å²) in [5.74, 6) is 0. The van der Waals surface area contributed by atoms with Gasteiger partial charge < -0.3 is 14.4 Å². The van der Waals surface area contributed by atoms with Crippen molar-refractivity contribution >= 4 is 21.8 Å². The number of benzene rings is 2. The molecule has 2 aromatic carbocycles. The minimum atomic E-state index is -0.507. The average Bonchev–Trinajstić information content (AvgIpc) is 2.66. The first-order valence-corrected chi connectivity index (χ1v) is 8.72. The maximum absolute atomic E-state index is 12.7. The molecule has 0 amide bonds. The van der Waals surface area contributed by atoms with Gasteiger partial charge in [-0.2, -0.15) is 0 Å². The molecule has 0 saturated carbocycles. The molecular weight excluding hydrogens is 316 g/mol. The Bertz CT molecular complexity index is 884. The molecule has 130 valence electrons. The summed E-state index contributed by atoms with van der Waals surface area (Å²) in [6.45, 7) is 4.20. The van der Waals surface area contributed by atoms with Crippen LogP contribution in [0.3, 0.4) is 0 Å². The molecule has 5 nitrogen and oxygen atoms in total. The molecule has 2 heterocycles. The second-order valence-corrected chi connectivity index (χ2v) is 6.54. The zero-order chi connectivity index (χ0) is 17.2. The highest BCUT2D eigenvalue weighted by Crippen LogP contribution is 2.19. The lowest BCUT2D eigenvalue weighted by molar-refractivity contribution is 0.0119. The molecule has 25 heavy (non-hydrogen) atoms. The third-order valence-electron chi connectivity index (χ3n) is 4.84. The van der Waals surface area contributed by atoms with Gasteiger partial charge in [0, 0.05) is 30.4 Å². The number of pyridine rings is 1. The van der Waals surface area contributed by atoms with E-state index in [1.807, 2.05) is 48.5 Å². The van der Waals surface area contributed by atoms with Gasteiger partial charge in [-0.05, 0) is 24.3 Å². The Kier molecular flexibility index (Phi) is 4.53. The predicted molar refractivity (Wildman–Crippen MR) is 99.0 cm³/mol. The van der Waals surface area contributed by atoms with E-state index in [-0.39, 0.29) is 5.43 Å². The van der Waals surface area contributed by atoms with Crippen LogP contribution in [0.2, 0.25) is 0 Å². The lowest BCUT2D eigenvalue weighted by Gasteiger charge is -2.29. The van der Waals surface area contributed by atoms with Crippen molar-refractivity contribution in [2.24, 2.45) is 0 Å². The SMILES string of the molecule is O=c1c2ccccc2n(C[C@@H](O)CN2CCOCC2)c2ccccc12. The van der Waals surface area contributed by atoms with Gasteiger partial charge >= 0.3 is 0 Å². The van der Waals surface area contributed by atoms with Crippen LogP contribution in [0.15, 0.2) is 53.3 Å². The molecule has 1 atom stereocenters. The smallest absolute Gasteiger partial charge is 0.197 e. The van der Waals surface area contributed by atoms with Crippen LogP contribution >= 0.6 is 0 Å². The van der Waals surface area contributed by atoms with Gasteiger partial charge in [0.05, 0.1) is 36.9 Å². The Balaban J connectivity index is 1.74. The van der Waals surface area contributed by atoms with Crippen LogP contribution in [-0.2, 0) is 11.3 Å². The van der Waals surface area contributed by atoms with Crippen molar-refractivity contribution in [1.29, 1.82) is 0 Å². The summed E-state index contributed by atoms with van der Waals surface area (Å²) in [4.78, 5) is 15.0. The van der Waals surface area contributed by atoms with Gasteiger partial charge in [0.15, 0.2) is 5.43 Å². The maximum Gasteiger partial charge on any atom is 0.197 e. The van der Waals surface area contributed by atoms with Gasteiger partial charge in [0.2, 0.25) is 0 Å². The van der Waals surface area contributed by atoms with E-state index < -0.39 is 6.10 Å². The summed E-state index contributed by atoms with van der Waals surface area (Å²) in [6, 6.07) is 15.2. The third-order valence-corrected chi connectivity index (χ3v) is 4.84. The van der Waals surface area contributed by atoms with Crippen molar-refractivity contribution in [3.8, 4) is 0 Å². The molecular formula is C20H22N2O3. The van der Waals surface area contributed by atoms with Crippen LogP contribution < -0.4 is 5.43 Å². The zero-order valence-corrected chi connectivity index (χ0v) is 14.1. The normalized spacial score (nSPS) is 17.2. The fourth-order valence-electron chi connectivity index (χ4n) is 3.62. The molecule has 1 aliphatic rings. The molecule has 0 bridgehead atoms. The Morgan fingerprint density at radius 3 is 2.08 bits per heavy atom. The molecule has 4 rings (SSSR count). The summed E-state index contributed by atoms with van der Waals surface area (Å²) in [7, 11) is 0. The second kappa shape index (κ2) is 6.96. The minimum absolute atomic E-state index is 0.0464. The third kappa shape index (κ3) is 3.18. The predicted octanol–water partition coefficient (Wildman–Crippen LogP) is 1.85. The number of hydrogen-bond donors (Lipinski definition) is 1. The van der Waals surface area contributed by atoms with E-state index in [9.17, 15) is 9.90 Å². The van der Waals surface area contributed by atoms with Crippen molar-refractivity contribution in [3.05, 3.63) is 58.8 Å². The Labute approximate surface area is 146 Å². The van der Waals surface area contributed by atoms with Crippen LogP contribution in [0.5, 0.6) is 0 Å². The quantitative estimate of drug-likeness (QED) is 0.738. The van der Waals surface area contributed by atoms with Crippen molar-refractivity contribution in [2.75, 3.05) is 32.8 Å². The summed E-state index contributed by atoms with van der Waals surface area (Å²) >= 11 is 0. The Morgan fingerprint density at radius 1 is 0.920 bits per heavy atom. The highest BCUT2D eigenvalue weighted by Gasteiger charge is 2.17. The first-order valence-electron chi connectivity index (χ1n) is 8.72. The summed E-state index contributed by atoms with van der Waals surface area (Å²) in [6.07, 6.45) is -0.507. The van der Waals surface area contributed by atoms with E-state index >= 15 is 0 Å². The van der Waals surface area contributed by atoms with Crippen molar-refractivity contribution < 1.29 is 9.84 Å². The van der Waals surface area contributed by atoms with Crippen LogP contribution in [0.1, 0.15) is 0 Å². The maximum atomic E-state index is 12.7. The van der Waals surface area contributed by atoms with Gasteiger partial charge in [-0.3, -0.25) is 9.69 Å². The van der Waals surface area contributed by atoms with Gasteiger partial charge in [-0.15, -0.1) is 0 Å². The van der Waals surface area contributed by atoms with Crippen molar-refractivity contribution in [2.45, 2.75) is 12.6 Å². The monoisotopic (exact) mass is 338 g/mol. The Morgan fingerprint density at radius 2 is 1.48 bits per heavy atom. The number of ether oxygens (including phenoxy) is 1. The number of hydrogen-bond acceptors (Lipinski definition) is 4. The number of aromatic nitrogens is 1. The van der Waals surface area contributed by atoms with Crippen molar-refractivity contribution in [1.82, 2.24) is 9.47 Å². The van der Waals surface area contributed by atoms with Crippen LogP contribution in [0.4, 0.5) is 0 Å². The van der Waals surface area contributed by atoms with E-state index in [1.165, 1.54) is 0 Å². The first kappa shape index (κ1) is 16.3. The fourth-order valence-corrected chi connectivity index (χ4v) is 3.62. The summed E-state index contributed by atoms with van der Waals surface area (Å²) in [5, 5.41) is 12.1. The highest BCUT2D eigenvalue weighted by molar-refractivity contribution is 5.93. The van der Waals surface area contributed by atoms with E-state index in [0.717, 1.165) is 37.3 Å². The molecule has 0 spiro atoms. The molecule has 0 unspecified atom stereocenters. The molecule has 1 N–H and O–H groups in total. The van der Waals surface area contributed by atoms with E-state index in [2.05, 4.69) is 9.47 Å². The Hall–Kier alpha value is -2.21. The van der Waals surface area contributed by atoms with E-state index in [0.29, 0.717) is 23.9 Å². The molecule has 0 aliphatic carbocycles. The van der Waals surface area contributed by atoms with Gasteiger partial charge in [-0.1, -0.05) is 24.3 Å². The first-order chi connectivity index (χ1) is 12.2. The molecule has 1 fully saturated rings. The molecule has 1 aromatic heterocycles. The number of aliphatic hydroxyl groups excluding tert-OH is 1. The van der Waals surface area contributed by atoms with Gasteiger partial charge in [0.1, 0.15) is 0 Å². The average molecular weight is 338 g/mol. The minimum Gasteiger partial charge on any atom is -0.390 e. The van der Waals surface area contributed by atoms with E-state index in [4.69, 9.17) is 4.74 Å². The largest absolute Gasteiger partial charge is 0.390 e. The summed E-state index contributed by atoms with van der Waals surface area (Å²) in [5.41, 5.74) is 1.78. The highest BCUT2D eigenvalue weighted by atomic mass is 16.5. The number of β-amino-alcohol motifs (C(OH)–C–C–N with tert-alkyl or cyclic N) is 1. The lowest BCUT2D eigenvalue weighted by atomic mass is 10.1. The van der Waals surface area contributed by atoms with Crippen LogP contribution in [0.25, 0.3) is 21.8 Å².